The van der Waals surface area contributed by atoms with Gasteiger partial charge in [0.1, 0.15) is 0 Å². The summed E-state index contributed by atoms with van der Waals surface area (Å²) in [6.45, 7) is 9.80. The Morgan fingerprint density at radius 3 is 2.36 bits per heavy atom. The van der Waals surface area contributed by atoms with E-state index in [2.05, 4.69) is 66.9 Å². The van der Waals surface area contributed by atoms with E-state index in [0.717, 1.165) is 12.2 Å². The number of allylic oxidation sites excluding steroid dienone is 3. The zero-order valence-electron chi connectivity index (χ0n) is 13.8. The predicted molar refractivity (Wildman–Crippen MR) is 94.2 cm³/mol. The molecular formula is C20H26N2. The summed E-state index contributed by atoms with van der Waals surface area (Å²) >= 11 is 0. The van der Waals surface area contributed by atoms with Gasteiger partial charge < -0.3 is 4.90 Å². The SMILES string of the molecule is C=C1C(C)=CC(c2ccc(CN3CCCCC3)cc2)=CN1C. The van der Waals surface area contributed by atoms with Crippen molar-refractivity contribution in [3.05, 3.63) is 65.5 Å². The number of hydrogen-bond acceptors (Lipinski definition) is 2. The molecule has 1 saturated heterocycles. The molecule has 0 unspecified atom stereocenters. The van der Waals surface area contributed by atoms with Crippen LogP contribution in [0.4, 0.5) is 0 Å². The lowest BCUT2D eigenvalue weighted by Gasteiger charge is -2.26. The van der Waals surface area contributed by atoms with Gasteiger partial charge in [-0.3, -0.25) is 4.90 Å². The van der Waals surface area contributed by atoms with Gasteiger partial charge in [-0.2, -0.15) is 0 Å². The average Bonchev–Trinajstić information content (AvgIpc) is 2.54. The van der Waals surface area contributed by atoms with E-state index in [1.165, 1.54) is 54.6 Å². The van der Waals surface area contributed by atoms with Gasteiger partial charge in [0.05, 0.1) is 0 Å². The van der Waals surface area contributed by atoms with Gasteiger partial charge in [0, 0.05) is 25.5 Å². The molecule has 1 fully saturated rings. The average molecular weight is 294 g/mol. The third-order valence-corrected chi connectivity index (χ3v) is 4.73. The smallest absolute Gasteiger partial charge is 0.0360 e. The van der Waals surface area contributed by atoms with E-state index in [1.54, 1.807) is 0 Å². The lowest BCUT2D eigenvalue weighted by atomic mass is 9.99. The van der Waals surface area contributed by atoms with E-state index in [9.17, 15) is 0 Å². The summed E-state index contributed by atoms with van der Waals surface area (Å²) < 4.78 is 0. The highest BCUT2D eigenvalue weighted by Gasteiger charge is 2.13. The Kier molecular flexibility index (Phi) is 4.49. The van der Waals surface area contributed by atoms with Crippen LogP contribution < -0.4 is 0 Å². The minimum atomic E-state index is 1.07. The molecule has 0 saturated carbocycles. The summed E-state index contributed by atoms with van der Waals surface area (Å²) in [6, 6.07) is 9.04. The number of benzene rings is 1. The van der Waals surface area contributed by atoms with Gasteiger partial charge in [0.2, 0.25) is 0 Å². The van der Waals surface area contributed by atoms with E-state index in [-0.39, 0.29) is 0 Å². The third-order valence-electron chi connectivity index (χ3n) is 4.73. The van der Waals surface area contributed by atoms with Gasteiger partial charge in [0.15, 0.2) is 0 Å². The molecule has 0 atom stereocenters. The monoisotopic (exact) mass is 294 g/mol. The maximum Gasteiger partial charge on any atom is 0.0360 e. The van der Waals surface area contributed by atoms with Gasteiger partial charge in [-0.15, -0.1) is 0 Å². The zero-order valence-corrected chi connectivity index (χ0v) is 13.8. The van der Waals surface area contributed by atoms with Gasteiger partial charge in [-0.05, 0) is 61.2 Å². The van der Waals surface area contributed by atoms with Crippen molar-refractivity contribution in [1.82, 2.24) is 9.80 Å². The first kappa shape index (κ1) is 15.1. The quantitative estimate of drug-likeness (QED) is 0.814. The lowest BCUT2D eigenvalue weighted by molar-refractivity contribution is 0.221. The molecule has 0 aromatic heterocycles. The molecule has 0 amide bonds. The first-order valence-electron chi connectivity index (χ1n) is 8.27. The van der Waals surface area contributed by atoms with Gasteiger partial charge in [0.25, 0.3) is 0 Å². The lowest BCUT2D eigenvalue weighted by Crippen LogP contribution is -2.29. The Balaban J connectivity index is 1.71. The van der Waals surface area contributed by atoms with Crippen molar-refractivity contribution in [2.75, 3.05) is 20.1 Å². The maximum absolute atomic E-state index is 4.09. The highest BCUT2D eigenvalue weighted by atomic mass is 15.1. The van der Waals surface area contributed by atoms with Gasteiger partial charge in [-0.25, -0.2) is 0 Å². The summed E-state index contributed by atoms with van der Waals surface area (Å²) in [7, 11) is 2.06. The highest BCUT2D eigenvalue weighted by Crippen LogP contribution is 2.27. The topological polar surface area (TPSA) is 6.48 Å². The van der Waals surface area contributed by atoms with E-state index in [0.29, 0.717) is 0 Å². The molecule has 22 heavy (non-hydrogen) atoms. The van der Waals surface area contributed by atoms with E-state index < -0.39 is 0 Å². The van der Waals surface area contributed by atoms with Crippen LogP contribution in [0.25, 0.3) is 5.57 Å². The van der Waals surface area contributed by atoms with Crippen LogP contribution in [0, 0.1) is 0 Å². The normalized spacial score (nSPS) is 19.9. The largest absolute Gasteiger partial charge is 0.351 e. The molecule has 0 radical (unpaired) electrons. The number of rotatable bonds is 3. The maximum atomic E-state index is 4.09. The van der Waals surface area contributed by atoms with E-state index in [1.807, 2.05) is 0 Å². The zero-order chi connectivity index (χ0) is 15.5. The fourth-order valence-electron chi connectivity index (χ4n) is 3.25. The molecule has 2 nitrogen and oxygen atoms in total. The minimum absolute atomic E-state index is 1.07. The van der Waals surface area contributed by atoms with Gasteiger partial charge in [-0.1, -0.05) is 37.3 Å². The van der Waals surface area contributed by atoms with Crippen molar-refractivity contribution in [2.24, 2.45) is 0 Å². The second kappa shape index (κ2) is 6.53. The molecule has 2 aliphatic heterocycles. The Morgan fingerprint density at radius 1 is 1.05 bits per heavy atom. The van der Waals surface area contributed by atoms with Crippen molar-refractivity contribution in [3.8, 4) is 0 Å². The fourth-order valence-corrected chi connectivity index (χ4v) is 3.25. The third kappa shape index (κ3) is 3.33. The number of likely N-dealkylation sites (N-methyl/N-ethyl adjacent to an activating group) is 1. The van der Waals surface area contributed by atoms with Crippen molar-refractivity contribution in [1.29, 1.82) is 0 Å². The molecular weight excluding hydrogens is 268 g/mol. The fraction of sp³-hybridized carbons (Fsp3) is 0.400. The number of likely N-dealkylation sites (tertiary alicyclic amines) is 1. The second-order valence-corrected chi connectivity index (χ2v) is 6.50. The molecule has 0 N–H and O–H groups in total. The Bertz CT molecular complexity index is 601. The van der Waals surface area contributed by atoms with Crippen molar-refractivity contribution < 1.29 is 0 Å². The minimum Gasteiger partial charge on any atom is -0.351 e. The number of nitrogens with zero attached hydrogens (tertiary/aromatic N) is 2. The summed E-state index contributed by atoms with van der Waals surface area (Å²) in [5.41, 5.74) is 6.27. The van der Waals surface area contributed by atoms with E-state index >= 15 is 0 Å². The molecule has 1 aromatic carbocycles. The number of piperidine rings is 1. The number of hydrogen-bond donors (Lipinski definition) is 0. The Hall–Kier alpha value is -1.80. The van der Waals surface area contributed by atoms with Crippen LogP contribution in [-0.2, 0) is 6.54 Å². The van der Waals surface area contributed by atoms with Crippen LogP contribution in [-0.4, -0.2) is 29.9 Å². The Morgan fingerprint density at radius 2 is 1.73 bits per heavy atom. The Labute approximate surface area is 134 Å². The molecule has 3 rings (SSSR count). The first-order chi connectivity index (χ1) is 10.6. The van der Waals surface area contributed by atoms with Crippen molar-refractivity contribution in [3.63, 3.8) is 0 Å². The second-order valence-electron chi connectivity index (χ2n) is 6.50. The standard InChI is InChI=1S/C20H26N2/c1-16-13-20(15-21(3)17(16)2)19-9-7-18(8-10-19)14-22-11-5-4-6-12-22/h7-10,13,15H,2,4-6,11-12,14H2,1,3H3. The molecule has 2 heteroatoms. The molecule has 2 aliphatic rings. The molecule has 0 aliphatic carbocycles. The van der Waals surface area contributed by atoms with Crippen molar-refractivity contribution >= 4 is 5.57 Å². The first-order valence-corrected chi connectivity index (χ1v) is 8.27. The predicted octanol–water partition coefficient (Wildman–Crippen LogP) is 4.42. The highest BCUT2D eigenvalue weighted by molar-refractivity contribution is 5.77. The van der Waals surface area contributed by atoms with Crippen LogP contribution in [0.2, 0.25) is 0 Å². The summed E-state index contributed by atoms with van der Waals surface area (Å²) in [4.78, 5) is 4.67. The molecule has 2 heterocycles. The summed E-state index contributed by atoms with van der Waals surface area (Å²) in [5.74, 6) is 0. The summed E-state index contributed by atoms with van der Waals surface area (Å²) in [6.07, 6.45) is 8.49. The van der Waals surface area contributed by atoms with Gasteiger partial charge >= 0.3 is 0 Å². The molecule has 0 bridgehead atoms. The molecule has 1 aromatic rings. The van der Waals surface area contributed by atoms with E-state index in [4.69, 9.17) is 0 Å². The van der Waals surface area contributed by atoms with Crippen LogP contribution in [0.1, 0.15) is 37.3 Å². The van der Waals surface area contributed by atoms with Crippen LogP contribution in [0.15, 0.2) is 54.4 Å². The molecule has 116 valence electrons. The summed E-state index contributed by atoms with van der Waals surface area (Å²) in [5, 5.41) is 0. The molecule has 0 spiro atoms. The van der Waals surface area contributed by atoms with Crippen LogP contribution >= 0.6 is 0 Å². The van der Waals surface area contributed by atoms with Crippen LogP contribution in [0.3, 0.4) is 0 Å². The van der Waals surface area contributed by atoms with Crippen molar-refractivity contribution in [2.45, 2.75) is 32.7 Å². The van der Waals surface area contributed by atoms with Crippen LogP contribution in [0.5, 0.6) is 0 Å².